The second-order valence-corrected chi connectivity index (χ2v) is 6.38. The monoisotopic (exact) mass is 374 g/mol. The van der Waals surface area contributed by atoms with E-state index in [1.807, 2.05) is 36.4 Å². The molecule has 4 rings (SSSR count). The fourth-order valence-corrected chi connectivity index (χ4v) is 3.41. The SMILES string of the molecule is C#Cc1ccc2ccccc2c1C(=O)OC(=O)c1c(C#C)ccc2ccccc12. The van der Waals surface area contributed by atoms with E-state index in [-0.39, 0.29) is 11.1 Å². The standard InChI is InChI=1S/C26H14O3/c1-3-17-13-15-19-9-5-7-11-21(19)23(17)25(27)29-26(28)24-18(4-2)14-16-20-10-6-8-12-22(20)24/h1-2,5-16H. The van der Waals surface area contributed by atoms with Crippen LogP contribution in [0.25, 0.3) is 21.5 Å². The maximum atomic E-state index is 13.0. The van der Waals surface area contributed by atoms with E-state index < -0.39 is 11.9 Å². The van der Waals surface area contributed by atoms with E-state index in [1.165, 1.54) is 0 Å². The normalized spacial score (nSPS) is 10.3. The highest BCUT2D eigenvalue weighted by molar-refractivity contribution is 6.14. The molecule has 0 bridgehead atoms. The van der Waals surface area contributed by atoms with Crippen molar-refractivity contribution >= 4 is 33.5 Å². The summed E-state index contributed by atoms with van der Waals surface area (Å²) < 4.78 is 5.25. The molecule has 0 aliphatic rings. The van der Waals surface area contributed by atoms with E-state index >= 15 is 0 Å². The van der Waals surface area contributed by atoms with Crippen molar-refractivity contribution in [2.45, 2.75) is 0 Å². The lowest BCUT2D eigenvalue weighted by Gasteiger charge is -2.11. The highest BCUT2D eigenvalue weighted by atomic mass is 16.6. The maximum absolute atomic E-state index is 13.0. The summed E-state index contributed by atoms with van der Waals surface area (Å²) >= 11 is 0. The van der Waals surface area contributed by atoms with E-state index in [4.69, 9.17) is 17.6 Å². The van der Waals surface area contributed by atoms with Gasteiger partial charge in [-0.05, 0) is 33.7 Å². The van der Waals surface area contributed by atoms with E-state index in [9.17, 15) is 9.59 Å². The van der Waals surface area contributed by atoms with Crippen LogP contribution in [0.1, 0.15) is 31.8 Å². The Bertz CT molecular complexity index is 1270. The van der Waals surface area contributed by atoms with Crippen molar-refractivity contribution in [3.8, 4) is 24.7 Å². The third-order valence-corrected chi connectivity index (χ3v) is 4.76. The molecule has 0 aliphatic carbocycles. The van der Waals surface area contributed by atoms with E-state index in [1.54, 1.807) is 36.4 Å². The molecule has 0 aromatic heterocycles. The minimum atomic E-state index is -0.810. The number of carbonyl (C=O) groups is 2. The van der Waals surface area contributed by atoms with Crippen molar-refractivity contribution < 1.29 is 14.3 Å². The van der Waals surface area contributed by atoms with Crippen molar-refractivity contribution in [2.75, 3.05) is 0 Å². The number of hydrogen-bond donors (Lipinski definition) is 0. The zero-order chi connectivity index (χ0) is 20.4. The topological polar surface area (TPSA) is 43.4 Å². The molecule has 0 N–H and O–H groups in total. The molecule has 0 fully saturated rings. The van der Waals surface area contributed by atoms with Gasteiger partial charge in [0, 0.05) is 11.1 Å². The number of fused-ring (bicyclic) bond motifs is 2. The number of ether oxygens (including phenoxy) is 1. The first-order valence-corrected chi connectivity index (χ1v) is 8.87. The average molecular weight is 374 g/mol. The molecule has 29 heavy (non-hydrogen) atoms. The van der Waals surface area contributed by atoms with Gasteiger partial charge in [0.1, 0.15) is 0 Å². The van der Waals surface area contributed by atoms with Gasteiger partial charge in [0.25, 0.3) is 0 Å². The van der Waals surface area contributed by atoms with Crippen molar-refractivity contribution in [2.24, 2.45) is 0 Å². The van der Waals surface area contributed by atoms with Gasteiger partial charge in [-0.2, -0.15) is 0 Å². The van der Waals surface area contributed by atoms with Crippen molar-refractivity contribution in [1.82, 2.24) is 0 Å². The van der Waals surface area contributed by atoms with Gasteiger partial charge in [-0.25, -0.2) is 9.59 Å². The lowest BCUT2D eigenvalue weighted by Crippen LogP contribution is -2.16. The Morgan fingerprint density at radius 1 is 0.621 bits per heavy atom. The maximum Gasteiger partial charge on any atom is 0.347 e. The number of carbonyl (C=O) groups excluding carboxylic acids is 2. The van der Waals surface area contributed by atoms with Gasteiger partial charge in [0.15, 0.2) is 0 Å². The summed E-state index contributed by atoms with van der Waals surface area (Å²) in [6, 6.07) is 21.5. The summed E-state index contributed by atoms with van der Waals surface area (Å²) in [5.74, 6) is 3.36. The first-order chi connectivity index (χ1) is 14.1. The Labute approximate surface area is 167 Å². The van der Waals surface area contributed by atoms with E-state index in [0.29, 0.717) is 21.9 Å². The molecule has 0 unspecified atom stereocenters. The van der Waals surface area contributed by atoms with Gasteiger partial charge in [-0.1, -0.05) is 72.5 Å². The Hall–Kier alpha value is -4.34. The van der Waals surface area contributed by atoms with Crippen LogP contribution in [0.5, 0.6) is 0 Å². The van der Waals surface area contributed by atoms with Gasteiger partial charge in [0.05, 0.1) is 11.1 Å². The summed E-state index contributed by atoms with van der Waals surface area (Å²) in [4.78, 5) is 25.9. The van der Waals surface area contributed by atoms with Crippen LogP contribution >= 0.6 is 0 Å². The van der Waals surface area contributed by atoms with Crippen LogP contribution in [0, 0.1) is 24.7 Å². The lowest BCUT2D eigenvalue weighted by atomic mass is 9.98. The summed E-state index contributed by atoms with van der Waals surface area (Å²) in [5.41, 5.74) is 1.08. The van der Waals surface area contributed by atoms with Gasteiger partial charge in [-0.15, -0.1) is 12.8 Å². The molecular weight excluding hydrogens is 360 g/mol. The summed E-state index contributed by atoms with van der Waals surface area (Å²) in [5, 5.41) is 2.88. The van der Waals surface area contributed by atoms with E-state index in [2.05, 4.69) is 11.8 Å². The molecule has 0 atom stereocenters. The smallest absolute Gasteiger partial charge is 0.347 e. The van der Waals surface area contributed by atoms with Crippen LogP contribution in [0.2, 0.25) is 0 Å². The molecule has 4 aromatic rings. The van der Waals surface area contributed by atoms with Crippen molar-refractivity contribution in [1.29, 1.82) is 0 Å². The van der Waals surface area contributed by atoms with Crippen LogP contribution in [0.3, 0.4) is 0 Å². The Morgan fingerprint density at radius 2 is 1.03 bits per heavy atom. The molecule has 0 spiro atoms. The lowest BCUT2D eigenvalue weighted by molar-refractivity contribution is 0.0400. The number of hydrogen-bond acceptors (Lipinski definition) is 3. The molecule has 0 aliphatic heterocycles. The Morgan fingerprint density at radius 3 is 1.45 bits per heavy atom. The van der Waals surface area contributed by atoms with Gasteiger partial charge < -0.3 is 4.74 Å². The van der Waals surface area contributed by atoms with Crippen LogP contribution < -0.4 is 0 Å². The third kappa shape index (κ3) is 3.12. The molecule has 136 valence electrons. The zero-order valence-electron chi connectivity index (χ0n) is 15.3. The fraction of sp³-hybridized carbons (Fsp3) is 0. The third-order valence-electron chi connectivity index (χ3n) is 4.76. The molecular formula is C26H14O3. The van der Waals surface area contributed by atoms with Crippen LogP contribution in [0.15, 0.2) is 72.8 Å². The molecule has 0 heterocycles. The largest absolute Gasteiger partial charge is 0.386 e. The molecule has 0 amide bonds. The van der Waals surface area contributed by atoms with Crippen LogP contribution in [-0.4, -0.2) is 11.9 Å². The number of terminal acetylenes is 2. The average Bonchev–Trinajstić information content (AvgIpc) is 2.77. The van der Waals surface area contributed by atoms with Crippen molar-refractivity contribution in [3.05, 3.63) is 95.1 Å². The number of esters is 2. The summed E-state index contributed by atoms with van der Waals surface area (Å²) in [6.07, 6.45) is 11.1. The minimum absolute atomic E-state index is 0.182. The Balaban J connectivity index is 1.81. The van der Waals surface area contributed by atoms with Gasteiger partial charge in [0.2, 0.25) is 0 Å². The van der Waals surface area contributed by atoms with Gasteiger partial charge >= 0.3 is 11.9 Å². The Kier molecular flexibility index (Phi) is 4.57. The zero-order valence-corrected chi connectivity index (χ0v) is 15.3. The quantitative estimate of drug-likeness (QED) is 0.283. The highest BCUT2D eigenvalue weighted by Gasteiger charge is 2.23. The highest BCUT2D eigenvalue weighted by Crippen LogP contribution is 2.26. The number of benzene rings is 4. The van der Waals surface area contributed by atoms with Crippen LogP contribution in [0.4, 0.5) is 0 Å². The predicted octanol–water partition coefficient (Wildman–Crippen LogP) is 4.95. The first kappa shape index (κ1) is 18.0. The molecule has 3 heteroatoms. The molecule has 3 nitrogen and oxygen atoms in total. The molecule has 0 saturated carbocycles. The van der Waals surface area contributed by atoms with Crippen LogP contribution in [-0.2, 0) is 4.74 Å². The second kappa shape index (κ2) is 7.35. The van der Waals surface area contributed by atoms with Gasteiger partial charge in [-0.3, -0.25) is 0 Å². The van der Waals surface area contributed by atoms with E-state index in [0.717, 1.165) is 10.8 Å². The summed E-state index contributed by atoms with van der Waals surface area (Å²) in [6.45, 7) is 0. The summed E-state index contributed by atoms with van der Waals surface area (Å²) in [7, 11) is 0. The minimum Gasteiger partial charge on any atom is -0.386 e. The number of rotatable bonds is 2. The second-order valence-electron chi connectivity index (χ2n) is 6.38. The fourth-order valence-electron chi connectivity index (χ4n) is 3.41. The molecule has 4 aromatic carbocycles. The van der Waals surface area contributed by atoms with Crippen molar-refractivity contribution in [3.63, 3.8) is 0 Å². The molecule has 0 saturated heterocycles. The first-order valence-electron chi connectivity index (χ1n) is 8.87. The molecule has 0 radical (unpaired) electrons. The predicted molar refractivity (Wildman–Crippen MR) is 114 cm³/mol.